The van der Waals surface area contributed by atoms with Crippen LogP contribution in [0.25, 0.3) is 0 Å². The number of aliphatic hydroxyl groups is 4. The second-order valence-electron chi connectivity index (χ2n) is 17.6. The van der Waals surface area contributed by atoms with E-state index in [9.17, 15) is 53.7 Å². The molecule has 0 spiro atoms. The third-order valence-electron chi connectivity index (χ3n) is 11.3. The molecule has 2 heterocycles. The number of unbranched alkanes of at least 4 members (excludes halogenated alkanes) is 11. The highest BCUT2D eigenvalue weighted by molar-refractivity contribution is 7.61. The fraction of sp³-hybridized carbons (Fsp3) is 0.680. The Labute approximate surface area is 425 Å². The molecule has 8 N–H and O–H groups in total. The average Bonchev–Trinajstić information content (AvgIpc) is 3.61. The van der Waals surface area contributed by atoms with Gasteiger partial charge in [0.05, 0.1) is 25.4 Å². The third kappa shape index (κ3) is 29.9. The first-order valence-electron chi connectivity index (χ1n) is 25.5. The molecule has 0 saturated carbocycles. The second kappa shape index (κ2) is 38.0. The summed E-state index contributed by atoms with van der Waals surface area (Å²) in [6.07, 6.45) is 29.0. The highest BCUT2D eigenvalue weighted by atomic mass is 31.3. The van der Waals surface area contributed by atoms with Gasteiger partial charge in [-0.3, -0.25) is 23.2 Å². The Kier molecular flexibility index (Phi) is 34.0. The van der Waals surface area contributed by atoms with Crippen LogP contribution in [0.15, 0.2) is 77.8 Å². The topological polar surface area (TPSA) is 306 Å². The number of nitrogens with two attached hydrogens (primary N) is 1. The van der Waals surface area contributed by atoms with Gasteiger partial charge in [0, 0.05) is 19.0 Å². The molecule has 1 aromatic heterocycles. The molecular weight excluding hydrogens is 977 g/mol. The lowest BCUT2D eigenvalue weighted by Gasteiger charge is -2.21. The fourth-order valence-corrected chi connectivity index (χ4v) is 9.26. The molecule has 410 valence electrons. The Morgan fingerprint density at radius 1 is 0.722 bits per heavy atom. The second-order valence-corrected chi connectivity index (χ2v) is 20.7. The Morgan fingerprint density at radius 3 is 1.90 bits per heavy atom. The van der Waals surface area contributed by atoms with E-state index in [0.717, 1.165) is 68.6 Å². The number of carbonyl (C=O) groups is 2. The quantitative estimate of drug-likeness (QED) is 0.0140. The summed E-state index contributed by atoms with van der Waals surface area (Å²) in [5.41, 5.74) is 4.57. The van der Waals surface area contributed by atoms with Crippen molar-refractivity contribution in [3.8, 4) is 0 Å². The number of nitrogens with zero attached hydrogens (tertiary/aromatic N) is 2. The van der Waals surface area contributed by atoms with Gasteiger partial charge in [-0.25, -0.2) is 13.9 Å². The summed E-state index contributed by atoms with van der Waals surface area (Å²) in [4.78, 5) is 61.9. The molecule has 2 rings (SSSR count). The zero-order valence-corrected chi connectivity index (χ0v) is 44.0. The summed E-state index contributed by atoms with van der Waals surface area (Å²) in [6, 6.07) is 1.23. The predicted octanol–water partition coefficient (Wildman–Crippen LogP) is 8.28. The molecule has 1 aliphatic heterocycles. The number of phosphoric acid groups is 2. The van der Waals surface area contributed by atoms with E-state index in [4.69, 9.17) is 29.0 Å². The van der Waals surface area contributed by atoms with Crippen LogP contribution < -0.4 is 11.4 Å². The minimum absolute atomic E-state index is 0.0138. The van der Waals surface area contributed by atoms with Crippen LogP contribution in [0, 0.1) is 0 Å². The molecule has 1 saturated heterocycles. The highest BCUT2D eigenvalue weighted by Crippen LogP contribution is 2.60. The van der Waals surface area contributed by atoms with E-state index >= 15 is 0 Å². The van der Waals surface area contributed by atoms with Gasteiger partial charge in [0.1, 0.15) is 30.7 Å². The van der Waals surface area contributed by atoms with Crippen molar-refractivity contribution < 1.29 is 76.5 Å². The molecular formula is C50H83N3O17P2. The number of allylic oxidation sites excluding steroid dienone is 9. The first kappa shape index (κ1) is 64.5. The number of aromatic nitrogens is 2. The maximum Gasteiger partial charge on any atom is 0.481 e. The van der Waals surface area contributed by atoms with Crippen molar-refractivity contribution in [2.45, 2.75) is 198 Å². The first-order chi connectivity index (χ1) is 34.5. The van der Waals surface area contributed by atoms with E-state index in [-0.39, 0.29) is 18.7 Å². The number of ether oxygens (including phenoxy) is 3. The maximum absolute atomic E-state index is 12.8. The van der Waals surface area contributed by atoms with Gasteiger partial charge in [-0.2, -0.15) is 9.29 Å². The maximum atomic E-state index is 12.8. The van der Waals surface area contributed by atoms with Gasteiger partial charge in [0.25, 0.3) is 0 Å². The SMILES string of the molecule is CCCCC/C=C\C/C=C\C/C=C\C/C=C\CCCC(=O)O[C@H](COC(=O)CCCCCCC[C@@H](O)[C@H](O)C/C=C\CCCCC)COP(=O)(O)OP(=O)(O)OC[C@H]1O[C@@H](n2ccc(N)nc2=O)[C@H](O)[C@@H]1O. The minimum atomic E-state index is -5.47. The molecule has 0 aromatic carbocycles. The monoisotopic (exact) mass is 1060 g/mol. The zero-order chi connectivity index (χ0) is 53.0. The van der Waals surface area contributed by atoms with Crippen LogP contribution in [-0.2, 0) is 46.3 Å². The van der Waals surface area contributed by atoms with Crippen LogP contribution in [0.2, 0.25) is 0 Å². The Balaban J connectivity index is 1.86. The number of phosphoric ester groups is 2. The summed E-state index contributed by atoms with van der Waals surface area (Å²) >= 11 is 0. The fourth-order valence-electron chi connectivity index (χ4n) is 7.15. The smallest absolute Gasteiger partial charge is 0.462 e. The van der Waals surface area contributed by atoms with Gasteiger partial charge in [-0.1, -0.05) is 126 Å². The summed E-state index contributed by atoms with van der Waals surface area (Å²) in [6.45, 7) is 1.86. The van der Waals surface area contributed by atoms with Crippen LogP contribution >= 0.6 is 15.6 Å². The van der Waals surface area contributed by atoms with E-state index in [1.54, 1.807) is 0 Å². The van der Waals surface area contributed by atoms with E-state index in [1.807, 2.05) is 30.4 Å². The molecule has 72 heavy (non-hydrogen) atoms. The van der Waals surface area contributed by atoms with E-state index in [2.05, 4.69) is 53.5 Å². The van der Waals surface area contributed by atoms with Crippen molar-refractivity contribution in [1.82, 2.24) is 9.55 Å². The molecule has 0 bridgehead atoms. The first-order valence-corrected chi connectivity index (χ1v) is 28.5. The van der Waals surface area contributed by atoms with Crippen molar-refractivity contribution >= 4 is 33.4 Å². The summed E-state index contributed by atoms with van der Waals surface area (Å²) in [5.74, 6) is -1.49. The van der Waals surface area contributed by atoms with Crippen molar-refractivity contribution in [2.75, 3.05) is 25.6 Å². The minimum Gasteiger partial charge on any atom is -0.462 e. The van der Waals surface area contributed by atoms with Crippen LogP contribution in [0.1, 0.15) is 161 Å². The number of aliphatic hydroxyl groups excluding tert-OH is 4. The third-order valence-corrected chi connectivity index (χ3v) is 13.9. The number of hydrogen-bond donors (Lipinski definition) is 7. The Morgan fingerprint density at radius 2 is 1.28 bits per heavy atom. The molecule has 1 aliphatic rings. The number of carbonyl (C=O) groups excluding carboxylic acids is 2. The average molecular weight is 1060 g/mol. The number of hydrogen-bond acceptors (Lipinski definition) is 17. The van der Waals surface area contributed by atoms with Crippen molar-refractivity contribution in [2.24, 2.45) is 0 Å². The van der Waals surface area contributed by atoms with E-state index < -0.39 is 95.9 Å². The van der Waals surface area contributed by atoms with Gasteiger partial charge < -0.3 is 50.2 Å². The van der Waals surface area contributed by atoms with E-state index in [0.29, 0.717) is 51.4 Å². The van der Waals surface area contributed by atoms with Crippen LogP contribution in [0.4, 0.5) is 5.82 Å². The summed E-state index contributed by atoms with van der Waals surface area (Å²) in [7, 11) is -10.9. The number of rotatable bonds is 41. The lowest BCUT2D eigenvalue weighted by molar-refractivity contribution is -0.161. The van der Waals surface area contributed by atoms with Crippen molar-refractivity contribution in [1.29, 1.82) is 0 Å². The van der Waals surface area contributed by atoms with Crippen LogP contribution in [0.5, 0.6) is 0 Å². The summed E-state index contributed by atoms with van der Waals surface area (Å²) < 4.78 is 56.6. The number of nitrogen functional groups attached to an aromatic ring is 1. The Hall–Kier alpha value is -3.62. The zero-order valence-electron chi connectivity index (χ0n) is 42.2. The molecule has 0 radical (unpaired) electrons. The number of anilines is 1. The van der Waals surface area contributed by atoms with Crippen LogP contribution in [-0.4, -0.2) is 108 Å². The normalized spacial score (nSPS) is 20.4. The largest absolute Gasteiger partial charge is 0.481 e. The Bertz CT molecular complexity index is 1980. The molecule has 0 aliphatic carbocycles. The van der Waals surface area contributed by atoms with Crippen LogP contribution in [0.3, 0.4) is 0 Å². The van der Waals surface area contributed by atoms with E-state index in [1.165, 1.54) is 25.3 Å². The number of esters is 2. The van der Waals surface area contributed by atoms with Gasteiger partial charge in [0.2, 0.25) is 0 Å². The van der Waals surface area contributed by atoms with Gasteiger partial charge in [-0.15, -0.1) is 0 Å². The van der Waals surface area contributed by atoms with Crippen molar-refractivity contribution in [3.05, 3.63) is 83.5 Å². The molecule has 20 nitrogen and oxygen atoms in total. The summed E-state index contributed by atoms with van der Waals surface area (Å²) in [5, 5.41) is 41.4. The lowest BCUT2D eigenvalue weighted by Crippen LogP contribution is -2.36. The molecule has 9 atom stereocenters. The lowest BCUT2D eigenvalue weighted by atomic mass is 10.0. The molecule has 1 fully saturated rings. The standard InChI is InChI=1S/C50H83N3O17P2/c1-3-5-7-9-11-12-13-14-15-16-17-18-19-20-21-25-30-34-46(57)68-40(37-65-45(56)33-29-26-22-24-28-32-42(55)41(54)31-27-23-10-8-6-4-2)38-66-71(61,62)70-72(63,64)67-39-43-47(58)48(59)49(69-43)53-36-35-44(51)52-50(53)60/h11-12,14-15,17-18,20-21,23,27,35-36,40-43,47-49,54-55,58-59H,3-10,13,16,19,22,24-26,28-34,37-39H2,1-2H3,(H,61,62)(H,63,64)(H2,51,52,60)/b12-11-,15-14-,18-17-,21-20-,27-23-/t40-,41-,42-,43-,47-,48-,49-/m1/s1. The molecule has 0 amide bonds. The predicted molar refractivity (Wildman–Crippen MR) is 273 cm³/mol. The van der Waals surface area contributed by atoms with Gasteiger partial charge >= 0.3 is 33.3 Å². The molecule has 1 aromatic rings. The molecule has 22 heteroatoms. The van der Waals surface area contributed by atoms with Gasteiger partial charge in [-0.05, 0) is 83.1 Å². The molecule has 2 unspecified atom stereocenters. The van der Waals surface area contributed by atoms with Gasteiger partial charge in [0.15, 0.2) is 12.3 Å². The van der Waals surface area contributed by atoms with Crippen molar-refractivity contribution in [3.63, 3.8) is 0 Å². The highest BCUT2D eigenvalue weighted by Gasteiger charge is 2.46.